The zero-order valence-electron chi connectivity index (χ0n) is 23.5. The van der Waals surface area contributed by atoms with Crippen molar-refractivity contribution in [2.45, 2.75) is 39.5 Å². The summed E-state index contributed by atoms with van der Waals surface area (Å²) in [6.45, 7) is 2.69. The van der Waals surface area contributed by atoms with Crippen molar-refractivity contribution in [1.29, 1.82) is 0 Å². The standard InChI is InChI=1S/C33H31N5O4/c1-3-4-8-30-32(27-7-5-6-9-28(27)42-30)33(39)34-19-22-10-16-26-24(18-22)13-17-29(41-21-38-20-35-36-37-38)31(26)23-11-14-25(40-2)15-12-23/h5-7,9-18,20H,3-4,8,19,21H2,1-2H3,(H,34,39). The van der Waals surface area contributed by atoms with Gasteiger partial charge < -0.3 is 19.2 Å². The molecule has 1 amide bonds. The third-order valence-electron chi connectivity index (χ3n) is 7.27. The number of aromatic nitrogens is 4. The van der Waals surface area contributed by atoms with Crippen molar-refractivity contribution in [3.8, 4) is 22.6 Å². The van der Waals surface area contributed by atoms with E-state index in [1.165, 1.54) is 11.0 Å². The van der Waals surface area contributed by atoms with Crippen LogP contribution in [0.25, 0.3) is 32.9 Å². The second-order valence-electron chi connectivity index (χ2n) is 10.0. The van der Waals surface area contributed by atoms with Gasteiger partial charge in [0.15, 0.2) is 6.73 Å². The van der Waals surface area contributed by atoms with E-state index in [0.717, 1.165) is 69.2 Å². The Morgan fingerprint density at radius 2 is 1.86 bits per heavy atom. The Kier molecular flexibility index (Phi) is 7.81. The zero-order valence-corrected chi connectivity index (χ0v) is 23.5. The number of carbonyl (C=O) groups excluding carboxylic acids is 1. The third-order valence-corrected chi connectivity index (χ3v) is 7.27. The lowest BCUT2D eigenvalue weighted by Crippen LogP contribution is -2.23. The maximum Gasteiger partial charge on any atom is 0.255 e. The number of rotatable bonds is 11. The molecule has 0 radical (unpaired) electrons. The molecule has 0 aliphatic carbocycles. The second-order valence-corrected chi connectivity index (χ2v) is 10.0. The summed E-state index contributed by atoms with van der Waals surface area (Å²) >= 11 is 0. The minimum atomic E-state index is -0.128. The van der Waals surface area contributed by atoms with E-state index in [1.807, 2.05) is 66.7 Å². The molecule has 0 saturated heterocycles. The number of ether oxygens (including phenoxy) is 2. The van der Waals surface area contributed by atoms with Crippen LogP contribution in [0.1, 0.15) is 41.4 Å². The number of unbranched alkanes of at least 4 members (excludes halogenated alkanes) is 1. The van der Waals surface area contributed by atoms with E-state index in [2.05, 4.69) is 39.9 Å². The summed E-state index contributed by atoms with van der Waals surface area (Å²) in [7, 11) is 1.65. The van der Waals surface area contributed by atoms with Crippen molar-refractivity contribution in [3.63, 3.8) is 0 Å². The number of benzene rings is 4. The van der Waals surface area contributed by atoms with Crippen molar-refractivity contribution in [1.82, 2.24) is 25.5 Å². The molecule has 0 saturated carbocycles. The number of nitrogens with zero attached hydrogens (tertiary/aromatic N) is 4. The monoisotopic (exact) mass is 561 g/mol. The van der Waals surface area contributed by atoms with Gasteiger partial charge in [0.1, 0.15) is 29.2 Å². The van der Waals surface area contributed by atoms with E-state index >= 15 is 0 Å². The Balaban J connectivity index is 1.29. The van der Waals surface area contributed by atoms with Gasteiger partial charge in [0, 0.05) is 23.9 Å². The van der Waals surface area contributed by atoms with Crippen LogP contribution in [0.5, 0.6) is 11.5 Å². The molecular weight excluding hydrogens is 530 g/mol. The van der Waals surface area contributed by atoms with E-state index < -0.39 is 0 Å². The number of fused-ring (bicyclic) bond motifs is 2. The highest BCUT2D eigenvalue weighted by atomic mass is 16.5. The fraction of sp³-hybridized carbons (Fsp3) is 0.212. The quantitative estimate of drug-likeness (QED) is 0.191. The largest absolute Gasteiger partial charge is 0.497 e. The summed E-state index contributed by atoms with van der Waals surface area (Å²) in [5.41, 5.74) is 4.29. The van der Waals surface area contributed by atoms with Crippen LogP contribution in [0.4, 0.5) is 0 Å². The summed E-state index contributed by atoms with van der Waals surface area (Å²) < 4.78 is 19.1. The lowest BCUT2D eigenvalue weighted by molar-refractivity contribution is 0.0950. The van der Waals surface area contributed by atoms with E-state index in [4.69, 9.17) is 13.9 Å². The number of aryl methyl sites for hydroxylation is 1. The van der Waals surface area contributed by atoms with Crippen LogP contribution in [-0.4, -0.2) is 33.2 Å². The molecular formula is C33H31N5O4. The molecule has 2 aromatic heterocycles. The van der Waals surface area contributed by atoms with Crippen molar-refractivity contribution >= 4 is 27.6 Å². The number of hydrogen-bond acceptors (Lipinski definition) is 7. The molecule has 6 aromatic rings. The molecule has 42 heavy (non-hydrogen) atoms. The zero-order chi connectivity index (χ0) is 28.9. The summed E-state index contributed by atoms with van der Waals surface area (Å²) in [6, 6.07) is 25.8. The summed E-state index contributed by atoms with van der Waals surface area (Å²) in [5.74, 6) is 2.09. The molecule has 0 aliphatic rings. The molecule has 1 N–H and O–H groups in total. The molecule has 0 unspecified atom stereocenters. The SMILES string of the molecule is CCCCc1oc2ccccc2c1C(=O)NCc1ccc2c(-c3ccc(OC)cc3)c(OCn3cnnn3)ccc2c1. The van der Waals surface area contributed by atoms with Gasteiger partial charge in [0.25, 0.3) is 5.91 Å². The number of nitrogens with one attached hydrogen (secondary N) is 1. The van der Waals surface area contributed by atoms with Crippen molar-refractivity contribution in [2.75, 3.05) is 7.11 Å². The molecule has 0 bridgehead atoms. The molecule has 0 fully saturated rings. The van der Waals surface area contributed by atoms with Gasteiger partial charge in [0.05, 0.1) is 12.7 Å². The van der Waals surface area contributed by atoms with Gasteiger partial charge >= 0.3 is 0 Å². The minimum absolute atomic E-state index is 0.128. The molecule has 6 rings (SSSR count). The number of methoxy groups -OCH3 is 1. The van der Waals surface area contributed by atoms with E-state index in [1.54, 1.807) is 7.11 Å². The molecule has 0 aliphatic heterocycles. The van der Waals surface area contributed by atoms with Crippen molar-refractivity contribution in [2.24, 2.45) is 0 Å². The van der Waals surface area contributed by atoms with Crippen LogP contribution in [0.15, 0.2) is 89.6 Å². The average molecular weight is 562 g/mol. The third kappa shape index (κ3) is 5.54. The predicted octanol–water partition coefficient (Wildman–Crippen LogP) is 6.56. The average Bonchev–Trinajstić information content (AvgIpc) is 3.69. The van der Waals surface area contributed by atoms with E-state index in [-0.39, 0.29) is 12.6 Å². The number of para-hydroxylation sites is 1. The smallest absolute Gasteiger partial charge is 0.255 e. The Morgan fingerprint density at radius 1 is 1.00 bits per heavy atom. The molecule has 4 aromatic carbocycles. The highest BCUT2D eigenvalue weighted by Gasteiger charge is 2.20. The lowest BCUT2D eigenvalue weighted by Gasteiger charge is -2.16. The van der Waals surface area contributed by atoms with Crippen LogP contribution < -0.4 is 14.8 Å². The van der Waals surface area contributed by atoms with Gasteiger partial charge in [0.2, 0.25) is 0 Å². The Labute approximate surface area is 243 Å². The van der Waals surface area contributed by atoms with Gasteiger partial charge in [-0.1, -0.05) is 61.9 Å². The molecule has 0 spiro atoms. The number of hydrogen-bond donors (Lipinski definition) is 1. The lowest BCUT2D eigenvalue weighted by atomic mass is 9.95. The van der Waals surface area contributed by atoms with Crippen LogP contribution in [-0.2, 0) is 19.7 Å². The first-order valence-corrected chi connectivity index (χ1v) is 14.0. The van der Waals surface area contributed by atoms with E-state index in [0.29, 0.717) is 17.9 Å². The van der Waals surface area contributed by atoms with Crippen molar-refractivity contribution < 1.29 is 18.7 Å². The highest BCUT2D eigenvalue weighted by Crippen LogP contribution is 2.38. The molecule has 212 valence electrons. The van der Waals surface area contributed by atoms with Crippen molar-refractivity contribution in [3.05, 3.63) is 102 Å². The Morgan fingerprint density at radius 3 is 2.64 bits per heavy atom. The molecule has 0 atom stereocenters. The maximum absolute atomic E-state index is 13.4. The van der Waals surface area contributed by atoms with Crippen LogP contribution in [0.3, 0.4) is 0 Å². The minimum Gasteiger partial charge on any atom is -0.497 e. The fourth-order valence-electron chi connectivity index (χ4n) is 5.15. The normalized spacial score (nSPS) is 11.2. The maximum atomic E-state index is 13.4. The van der Waals surface area contributed by atoms with Gasteiger partial charge in [-0.15, -0.1) is 5.10 Å². The summed E-state index contributed by atoms with van der Waals surface area (Å²) in [4.78, 5) is 13.4. The van der Waals surface area contributed by atoms with Gasteiger partial charge in [-0.2, -0.15) is 4.68 Å². The predicted molar refractivity (Wildman–Crippen MR) is 160 cm³/mol. The Bertz CT molecular complexity index is 1830. The molecule has 9 nitrogen and oxygen atoms in total. The summed E-state index contributed by atoms with van der Waals surface area (Å²) in [5, 5.41) is 17.3. The van der Waals surface area contributed by atoms with Gasteiger partial charge in [-0.25, -0.2) is 0 Å². The first-order valence-electron chi connectivity index (χ1n) is 14.0. The van der Waals surface area contributed by atoms with Gasteiger partial charge in [-0.05, 0) is 69.1 Å². The number of amides is 1. The molecule has 2 heterocycles. The number of tetrazole rings is 1. The first kappa shape index (κ1) is 27.0. The Hall–Kier alpha value is -5.18. The summed E-state index contributed by atoms with van der Waals surface area (Å²) in [6.07, 6.45) is 4.23. The van der Waals surface area contributed by atoms with Gasteiger partial charge in [-0.3, -0.25) is 4.79 Å². The molecule has 9 heteroatoms. The topological polar surface area (TPSA) is 104 Å². The highest BCUT2D eigenvalue weighted by molar-refractivity contribution is 6.07. The van der Waals surface area contributed by atoms with Crippen LogP contribution in [0, 0.1) is 0 Å². The van der Waals surface area contributed by atoms with E-state index in [9.17, 15) is 4.79 Å². The number of furan rings is 1. The number of carbonyl (C=O) groups is 1. The van der Waals surface area contributed by atoms with Crippen LogP contribution in [0.2, 0.25) is 0 Å². The van der Waals surface area contributed by atoms with Crippen LogP contribution >= 0.6 is 0 Å². The first-order chi connectivity index (χ1) is 20.6. The second kappa shape index (κ2) is 12.1. The fourth-order valence-corrected chi connectivity index (χ4v) is 5.15.